The molecule has 0 spiro atoms. The van der Waals surface area contributed by atoms with Gasteiger partial charge >= 0.3 is 11.9 Å². The van der Waals surface area contributed by atoms with Crippen LogP contribution in [0.3, 0.4) is 0 Å². The Morgan fingerprint density at radius 1 is 0.909 bits per heavy atom. The lowest BCUT2D eigenvalue weighted by Gasteiger charge is -2.11. The number of ether oxygens (including phenoxy) is 3. The first kappa shape index (κ1) is 22.1. The average molecular weight is 449 g/mol. The van der Waals surface area contributed by atoms with Crippen LogP contribution >= 0.6 is 0 Å². The number of furan rings is 1. The van der Waals surface area contributed by atoms with Gasteiger partial charge in [0.25, 0.3) is 0 Å². The van der Waals surface area contributed by atoms with Gasteiger partial charge in [-0.3, -0.25) is 0 Å². The topological polar surface area (TPSA) is 101 Å². The second kappa shape index (κ2) is 9.60. The Hall–Kier alpha value is -4.07. The molecule has 170 valence electrons. The van der Waals surface area contributed by atoms with E-state index in [1.54, 1.807) is 56.3 Å². The summed E-state index contributed by atoms with van der Waals surface area (Å²) in [5, 5.41) is 4.59. The predicted molar refractivity (Wildman–Crippen MR) is 118 cm³/mol. The summed E-state index contributed by atoms with van der Waals surface area (Å²) in [6, 6.07) is 13.9. The summed E-state index contributed by atoms with van der Waals surface area (Å²) in [6.07, 6.45) is 0. The predicted octanol–water partition coefficient (Wildman–Crippen LogP) is 5.15. The van der Waals surface area contributed by atoms with Gasteiger partial charge in [0, 0.05) is 5.39 Å². The highest BCUT2D eigenvalue weighted by Crippen LogP contribution is 2.28. The molecule has 8 nitrogen and oxygen atoms in total. The number of para-hydroxylation sites is 2. The van der Waals surface area contributed by atoms with Gasteiger partial charge in [-0.25, -0.2) is 9.59 Å². The summed E-state index contributed by atoms with van der Waals surface area (Å²) >= 11 is 0. The first-order valence-corrected chi connectivity index (χ1v) is 10.5. The van der Waals surface area contributed by atoms with Crippen LogP contribution in [0.5, 0.6) is 5.75 Å². The molecule has 33 heavy (non-hydrogen) atoms. The third-order valence-corrected chi connectivity index (χ3v) is 5.17. The molecule has 0 saturated heterocycles. The highest BCUT2D eigenvalue weighted by Gasteiger charge is 2.24. The van der Waals surface area contributed by atoms with Gasteiger partial charge < -0.3 is 23.2 Å². The van der Waals surface area contributed by atoms with Gasteiger partial charge in [0.15, 0.2) is 0 Å². The number of rotatable bonds is 8. The zero-order valence-corrected chi connectivity index (χ0v) is 18.5. The Bertz CT molecular complexity index is 1280. The van der Waals surface area contributed by atoms with E-state index >= 15 is 0 Å². The van der Waals surface area contributed by atoms with Crippen LogP contribution in [0.2, 0.25) is 0 Å². The van der Waals surface area contributed by atoms with Crippen LogP contribution in [0.15, 0.2) is 57.5 Å². The first-order chi connectivity index (χ1) is 16.0. The molecule has 0 radical (unpaired) electrons. The number of benzene rings is 2. The fraction of sp³-hybridized carbons (Fsp3) is 0.240. The molecule has 0 amide bonds. The van der Waals surface area contributed by atoms with E-state index in [4.69, 9.17) is 23.2 Å². The standard InChI is InChI=1S/C25H23NO7/c1-4-29-25(28)23-20(17-9-5-8-12-22(17)32-23)14-31-24(27)18-10-6-7-11-21(18)30-13-19-15(2)26-33-16(19)3/h5-12H,4,13-14H2,1-3H3. The molecule has 0 aliphatic heterocycles. The number of aryl methyl sites for hydroxylation is 2. The molecular formula is C25H23NO7. The van der Waals surface area contributed by atoms with Crippen molar-refractivity contribution in [3.05, 3.63) is 82.4 Å². The van der Waals surface area contributed by atoms with Crippen molar-refractivity contribution in [2.24, 2.45) is 0 Å². The SMILES string of the molecule is CCOC(=O)c1oc2ccccc2c1COC(=O)c1ccccc1OCc1c(C)noc1C. The van der Waals surface area contributed by atoms with E-state index < -0.39 is 11.9 Å². The molecule has 8 heteroatoms. The van der Waals surface area contributed by atoms with Crippen LogP contribution in [-0.4, -0.2) is 23.7 Å². The lowest BCUT2D eigenvalue weighted by molar-refractivity contribution is 0.0432. The average Bonchev–Trinajstić information content (AvgIpc) is 3.35. The molecule has 0 bridgehead atoms. The van der Waals surface area contributed by atoms with Crippen molar-refractivity contribution in [2.75, 3.05) is 6.61 Å². The Labute approximate surface area is 190 Å². The summed E-state index contributed by atoms with van der Waals surface area (Å²) in [5.41, 5.74) is 2.77. The minimum Gasteiger partial charge on any atom is -0.488 e. The zero-order valence-electron chi connectivity index (χ0n) is 18.5. The van der Waals surface area contributed by atoms with E-state index in [0.717, 1.165) is 11.3 Å². The molecule has 0 aliphatic rings. The molecule has 0 fully saturated rings. The van der Waals surface area contributed by atoms with E-state index in [9.17, 15) is 9.59 Å². The summed E-state index contributed by atoms with van der Waals surface area (Å²) < 4.78 is 27.3. The van der Waals surface area contributed by atoms with Crippen LogP contribution in [0, 0.1) is 13.8 Å². The molecule has 4 aromatic rings. The van der Waals surface area contributed by atoms with E-state index in [-0.39, 0.29) is 31.1 Å². The minimum atomic E-state index is -0.608. The number of esters is 2. The van der Waals surface area contributed by atoms with Crippen molar-refractivity contribution in [1.82, 2.24) is 5.16 Å². The second-order valence-corrected chi connectivity index (χ2v) is 7.29. The Morgan fingerprint density at radius 2 is 1.67 bits per heavy atom. The van der Waals surface area contributed by atoms with Crippen molar-refractivity contribution in [3.8, 4) is 5.75 Å². The van der Waals surface area contributed by atoms with Crippen LogP contribution < -0.4 is 4.74 Å². The zero-order chi connectivity index (χ0) is 23.4. The number of nitrogens with zero attached hydrogens (tertiary/aromatic N) is 1. The third-order valence-electron chi connectivity index (χ3n) is 5.17. The molecule has 0 N–H and O–H groups in total. The van der Waals surface area contributed by atoms with Gasteiger partial charge in [-0.1, -0.05) is 35.5 Å². The molecule has 2 aromatic heterocycles. The lowest BCUT2D eigenvalue weighted by atomic mass is 10.1. The summed E-state index contributed by atoms with van der Waals surface area (Å²) in [5.74, 6) is -0.155. The molecular weight excluding hydrogens is 426 g/mol. The molecule has 0 aliphatic carbocycles. The van der Waals surface area contributed by atoms with Gasteiger partial charge in [0.2, 0.25) is 5.76 Å². The fourth-order valence-electron chi connectivity index (χ4n) is 3.44. The second-order valence-electron chi connectivity index (χ2n) is 7.29. The smallest absolute Gasteiger partial charge is 0.374 e. The van der Waals surface area contributed by atoms with E-state index in [2.05, 4.69) is 5.16 Å². The number of hydrogen-bond acceptors (Lipinski definition) is 8. The van der Waals surface area contributed by atoms with Gasteiger partial charge in [0.1, 0.15) is 35.9 Å². The van der Waals surface area contributed by atoms with Crippen LogP contribution in [0.25, 0.3) is 11.0 Å². The summed E-state index contributed by atoms with van der Waals surface area (Å²) in [7, 11) is 0. The Kier molecular flexibility index (Phi) is 6.44. The normalized spacial score (nSPS) is 10.9. The van der Waals surface area contributed by atoms with Crippen LogP contribution in [-0.2, 0) is 22.7 Å². The van der Waals surface area contributed by atoms with Gasteiger partial charge in [0.05, 0.1) is 23.4 Å². The molecule has 4 rings (SSSR count). The molecule has 0 unspecified atom stereocenters. The van der Waals surface area contributed by atoms with E-state index in [1.165, 1.54) is 0 Å². The number of carbonyl (C=O) groups is 2. The van der Waals surface area contributed by atoms with Crippen LogP contribution in [0.4, 0.5) is 0 Å². The maximum absolute atomic E-state index is 12.9. The highest BCUT2D eigenvalue weighted by atomic mass is 16.5. The number of fused-ring (bicyclic) bond motifs is 1. The first-order valence-electron chi connectivity index (χ1n) is 10.5. The fourth-order valence-corrected chi connectivity index (χ4v) is 3.44. The summed E-state index contributed by atoms with van der Waals surface area (Å²) in [4.78, 5) is 25.3. The van der Waals surface area contributed by atoms with E-state index in [1.807, 2.05) is 13.0 Å². The largest absolute Gasteiger partial charge is 0.488 e. The van der Waals surface area contributed by atoms with E-state index in [0.29, 0.717) is 28.0 Å². The number of hydrogen-bond donors (Lipinski definition) is 0. The lowest BCUT2D eigenvalue weighted by Crippen LogP contribution is -2.11. The summed E-state index contributed by atoms with van der Waals surface area (Å²) in [6.45, 7) is 5.57. The molecule has 0 atom stereocenters. The number of aromatic nitrogens is 1. The van der Waals surface area contributed by atoms with Crippen molar-refractivity contribution in [2.45, 2.75) is 34.0 Å². The number of carbonyl (C=O) groups excluding carboxylic acids is 2. The van der Waals surface area contributed by atoms with Gasteiger partial charge in [-0.2, -0.15) is 0 Å². The van der Waals surface area contributed by atoms with Crippen molar-refractivity contribution in [3.63, 3.8) is 0 Å². The maximum atomic E-state index is 12.9. The highest BCUT2D eigenvalue weighted by molar-refractivity contribution is 5.97. The van der Waals surface area contributed by atoms with Crippen molar-refractivity contribution < 1.29 is 32.7 Å². The van der Waals surface area contributed by atoms with Gasteiger partial charge in [-0.05, 0) is 39.0 Å². The monoisotopic (exact) mass is 449 g/mol. The quantitative estimate of drug-likeness (QED) is 0.340. The molecule has 2 aromatic carbocycles. The molecule has 2 heterocycles. The van der Waals surface area contributed by atoms with Crippen LogP contribution in [0.1, 0.15) is 50.4 Å². The molecule has 0 saturated carbocycles. The Balaban J connectivity index is 1.54. The minimum absolute atomic E-state index is 0.0220. The Morgan fingerprint density at radius 3 is 2.42 bits per heavy atom. The van der Waals surface area contributed by atoms with Crippen molar-refractivity contribution >= 4 is 22.9 Å². The maximum Gasteiger partial charge on any atom is 0.374 e. The van der Waals surface area contributed by atoms with Crippen molar-refractivity contribution in [1.29, 1.82) is 0 Å². The third kappa shape index (κ3) is 4.59. The van der Waals surface area contributed by atoms with Gasteiger partial charge in [-0.15, -0.1) is 0 Å².